The summed E-state index contributed by atoms with van der Waals surface area (Å²) in [5.74, 6) is -0.470. The number of ketones is 1. The molecule has 6 heteroatoms. The molecule has 0 spiro atoms. The first-order valence-corrected chi connectivity index (χ1v) is 8.04. The summed E-state index contributed by atoms with van der Waals surface area (Å²) in [6.45, 7) is 8.09. The number of piperazine rings is 1. The van der Waals surface area contributed by atoms with E-state index in [0.717, 1.165) is 32.7 Å². The van der Waals surface area contributed by atoms with Gasteiger partial charge in [-0.2, -0.15) is 5.26 Å². The monoisotopic (exact) mass is 326 g/mol. The molecule has 1 heterocycles. The average Bonchev–Trinajstić information content (AvgIpc) is 2.60. The van der Waals surface area contributed by atoms with Crippen LogP contribution in [-0.4, -0.2) is 54.2 Å². The predicted molar refractivity (Wildman–Crippen MR) is 92.5 cm³/mol. The van der Waals surface area contributed by atoms with Gasteiger partial charge in [-0.1, -0.05) is 6.92 Å². The molecule has 0 bridgehead atoms. The fraction of sp³-hybridized carbons (Fsp3) is 0.389. The third-order valence-electron chi connectivity index (χ3n) is 4.08. The Labute approximate surface area is 142 Å². The van der Waals surface area contributed by atoms with Crippen molar-refractivity contribution in [3.63, 3.8) is 0 Å². The van der Waals surface area contributed by atoms with E-state index in [0.29, 0.717) is 11.3 Å². The normalized spacial score (nSPS) is 15.7. The molecule has 6 nitrogen and oxygen atoms in total. The van der Waals surface area contributed by atoms with Crippen LogP contribution in [0.5, 0.6) is 0 Å². The van der Waals surface area contributed by atoms with Gasteiger partial charge < -0.3 is 15.1 Å². The lowest BCUT2D eigenvalue weighted by atomic mass is 10.1. The smallest absolute Gasteiger partial charge is 0.267 e. The zero-order chi connectivity index (χ0) is 17.5. The molecule has 0 unspecified atom stereocenters. The Kier molecular flexibility index (Phi) is 6.10. The van der Waals surface area contributed by atoms with Crippen LogP contribution in [0.25, 0.3) is 0 Å². The van der Waals surface area contributed by atoms with E-state index < -0.39 is 5.91 Å². The van der Waals surface area contributed by atoms with E-state index in [1.165, 1.54) is 6.92 Å². The van der Waals surface area contributed by atoms with Crippen molar-refractivity contribution in [1.29, 1.82) is 5.26 Å². The maximum absolute atomic E-state index is 12.3. The number of carbonyl (C=O) groups is 2. The number of nitrogens with zero attached hydrogens (tertiary/aromatic N) is 3. The number of amides is 1. The SMILES string of the molecule is CCN1CCN(/C=C(/C#N)C(=O)Nc2ccc(C(C)=O)cc2)CC1. The van der Waals surface area contributed by atoms with Gasteiger partial charge in [-0.15, -0.1) is 0 Å². The molecule has 2 rings (SSSR count). The number of likely N-dealkylation sites (N-methyl/N-ethyl adjacent to an activating group) is 1. The minimum atomic E-state index is -0.439. The third kappa shape index (κ3) is 4.67. The number of hydrogen-bond acceptors (Lipinski definition) is 5. The minimum absolute atomic E-state index is 0.0308. The van der Waals surface area contributed by atoms with Crippen LogP contribution < -0.4 is 5.32 Å². The second-order valence-corrected chi connectivity index (χ2v) is 5.71. The molecule has 1 fully saturated rings. The van der Waals surface area contributed by atoms with E-state index in [1.54, 1.807) is 30.5 Å². The summed E-state index contributed by atoms with van der Waals surface area (Å²) in [5, 5.41) is 11.9. The summed E-state index contributed by atoms with van der Waals surface area (Å²) >= 11 is 0. The molecular formula is C18H22N4O2. The topological polar surface area (TPSA) is 76.4 Å². The van der Waals surface area contributed by atoms with Crippen molar-refractivity contribution in [2.24, 2.45) is 0 Å². The lowest BCUT2D eigenvalue weighted by Gasteiger charge is -2.33. The van der Waals surface area contributed by atoms with Gasteiger partial charge >= 0.3 is 0 Å². The Morgan fingerprint density at radius 1 is 1.21 bits per heavy atom. The maximum Gasteiger partial charge on any atom is 0.267 e. The quantitative estimate of drug-likeness (QED) is 0.508. The summed E-state index contributed by atoms with van der Waals surface area (Å²) in [4.78, 5) is 27.8. The molecule has 0 atom stereocenters. The molecule has 1 aromatic rings. The first-order chi connectivity index (χ1) is 11.5. The first-order valence-electron chi connectivity index (χ1n) is 8.04. The number of anilines is 1. The zero-order valence-electron chi connectivity index (χ0n) is 14.1. The van der Waals surface area contributed by atoms with Gasteiger partial charge in [0, 0.05) is 43.6 Å². The summed E-state index contributed by atoms with van der Waals surface area (Å²) < 4.78 is 0. The molecule has 1 amide bonds. The molecule has 1 aliphatic heterocycles. The Balaban J connectivity index is 2.00. The Hall–Kier alpha value is -2.65. The van der Waals surface area contributed by atoms with Crippen LogP contribution in [0.1, 0.15) is 24.2 Å². The van der Waals surface area contributed by atoms with Crippen LogP contribution in [0.15, 0.2) is 36.0 Å². The van der Waals surface area contributed by atoms with Crippen LogP contribution in [0.3, 0.4) is 0 Å². The van der Waals surface area contributed by atoms with Gasteiger partial charge in [0.25, 0.3) is 5.91 Å². The molecule has 24 heavy (non-hydrogen) atoms. The highest BCUT2D eigenvalue weighted by molar-refractivity contribution is 6.06. The zero-order valence-corrected chi connectivity index (χ0v) is 14.1. The Morgan fingerprint density at radius 3 is 2.33 bits per heavy atom. The van der Waals surface area contributed by atoms with Crippen LogP contribution in [0.2, 0.25) is 0 Å². The Bertz CT molecular complexity index is 665. The second kappa shape index (κ2) is 8.27. The molecule has 0 saturated carbocycles. The van der Waals surface area contributed by atoms with Crippen molar-refractivity contribution in [3.8, 4) is 6.07 Å². The standard InChI is InChI=1S/C18H22N4O2/c1-3-21-8-10-22(11-9-21)13-16(12-19)18(24)20-17-6-4-15(5-7-17)14(2)23/h4-7,13H,3,8-11H2,1-2H3,(H,20,24)/b16-13-. The first kappa shape index (κ1) is 17.7. The summed E-state index contributed by atoms with van der Waals surface area (Å²) in [6.07, 6.45) is 1.63. The van der Waals surface area contributed by atoms with E-state index in [4.69, 9.17) is 0 Å². The lowest BCUT2D eigenvalue weighted by Crippen LogP contribution is -2.44. The van der Waals surface area contributed by atoms with Crippen molar-refractivity contribution < 1.29 is 9.59 Å². The van der Waals surface area contributed by atoms with E-state index in [1.807, 2.05) is 11.0 Å². The van der Waals surface area contributed by atoms with Crippen molar-refractivity contribution >= 4 is 17.4 Å². The fourth-order valence-corrected chi connectivity index (χ4v) is 2.52. The van der Waals surface area contributed by atoms with Crippen molar-refractivity contribution in [2.75, 3.05) is 38.0 Å². The van der Waals surface area contributed by atoms with Gasteiger partial charge in [0.15, 0.2) is 5.78 Å². The van der Waals surface area contributed by atoms with Gasteiger partial charge in [0.1, 0.15) is 11.6 Å². The molecule has 1 aliphatic rings. The van der Waals surface area contributed by atoms with E-state index in [2.05, 4.69) is 17.1 Å². The number of carbonyl (C=O) groups excluding carboxylic acids is 2. The average molecular weight is 326 g/mol. The summed E-state index contributed by atoms with van der Waals surface area (Å²) in [6, 6.07) is 8.58. The highest BCUT2D eigenvalue weighted by atomic mass is 16.1. The number of Topliss-reactive ketones (excluding diaryl/α,β-unsaturated/α-hetero) is 1. The number of rotatable bonds is 5. The van der Waals surface area contributed by atoms with Gasteiger partial charge in [0.05, 0.1) is 0 Å². The molecule has 1 aromatic carbocycles. The minimum Gasteiger partial charge on any atom is -0.374 e. The maximum atomic E-state index is 12.3. The van der Waals surface area contributed by atoms with E-state index in [9.17, 15) is 14.9 Å². The number of nitriles is 1. The lowest BCUT2D eigenvalue weighted by molar-refractivity contribution is -0.112. The van der Waals surface area contributed by atoms with Crippen LogP contribution in [0.4, 0.5) is 5.69 Å². The van der Waals surface area contributed by atoms with E-state index >= 15 is 0 Å². The summed E-state index contributed by atoms with van der Waals surface area (Å²) in [5.41, 5.74) is 1.22. The van der Waals surface area contributed by atoms with Gasteiger partial charge in [0.2, 0.25) is 0 Å². The van der Waals surface area contributed by atoms with Crippen LogP contribution >= 0.6 is 0 Å². The molecule has 0 radical (unpaired) electrons. The van der Waals surface area contributed by atoms with Crippen LogP contribution in [-0.2, 0) is 4.79 Å². The molecule has 0 aliphatic carbocycles. The molecule has 0 aromatic heterocycles. The third-order valence-corrected chi connectivity index (χ3v) is 4.08. The highest BCUT2D eigenvalue weighted by Crippen LogP contribution is 2.12. The van der Waals surface area contributed by atoms with Gasteiger partial charge in [-0.3, -0.25) is 9.59 Å². The molecule has 126 valence electrons. The number of nitrogens with one attached hydrogen (secondary N) is 1. The molecular weight excluding hydrogens is 304 g/mol. The highest BCUT2D eigenvalue weighted by Gasteiger charge is 2.16. The fourth-order valence-electron chi connectivity index (χ4n) is 2.52. The molecule has 1 saturated heterocycles. The van der Waals surface area contributed by atoms with Crippen molar-refractivity contribution in [1.82, 2.24) is 9.80 Å². The van der Waals surface area contributed by atoms with E-state index in [-0.39, 0.29) is 11.4 Å². The Morgan fingerprint density at radius 2 is 1.83 bits per heavy atom. The largest absolute Gasteiger partial charge is 0.374 e. The predicted octanol–water partition coefficient (Wildman–Crippen LogP) is 1.87. The number of hydrogen-bond donors (Lipinski definition) is 1. The molecule has 1 N–H and O–H groups in total. The van der Waals surface area contributed by atoms with Gasteiger partial charge in [-0.25, -0.2) is 0 Å². The van der Waals surface area contributed by atoms with Gasteiger partial charge in [-0.05, 0) is 37.7 Å². The summed E-state index contributed by atoms with van der Waals surface area (Å²) in [7, 11) is 0. The second-order valence-electron chi connectivity index (χ2n) is 5.71. The van der Waals surface area contributed by atoms with Crippen molar-refractivity contribution in [2.45, 2.75) is 13.8 Å². The van der Waals surface area contributed by atoms with Crippen molar-refractivity contribution in [3.05, 3.63) is 41.6 Å². The van der Waals surface area contributed by atoms with Crippen LogP contribution in [0, 0.1) is 11.3 Å². The number of benzene rings is 1.